The molecule has 0 radical (unpaired) electrons. The first-order valence-electron chi connectivity index (χ1n) is 6.17. The van der Waals surface area contributed by atoms with Crippen molar-refractivity contribution in [2.24, 2.45) is 5.84 Å². The molecule has 3 nitrogen and oxygen atoms in total. The van der Waals surface area contributed by atoms with E-state index >= 15 is 0 Å². The van der Waals surface area contributed by atoms with Crippen LogP contribution < -0.4 is 11.3 Å². The molecule has 0 aromatic carbocycles. The van der Waals surface area contributed by atoms with Crippen molar-refractivity contribution in [2.45, 2.75) is 24.4 Å². The third kappa shape index (κ3) is 3.11. The van der Waals surface area contributed by atoms with Crippen LogP contribution in [0.5, 0.6) is 0 Å². The standard InChI is InChI=1S/C12H12F3N3S3/c13-12(14,15)11-17-4-9(21-11)10(18-16)8-3-6-5-19-2-1-7(6)20-8/h3-4,10,18H,1-2,5,16H2. The molecule has 1 aliphatic heterocycles. The number of thiazole rings is 1. The summed E-state index contributed by atoms with van der Waals surface area (Å²) in [5, 5.41) is -0.838. The van der Waals surface area contributed by atoms with E-state index in [0.29, 0.717) is 16.2 Å². The molecule has 114 valence electrons. The van der Waals surface area contributed by atoms with E-state index in [1.165, 1.54) is 16.6 Å². The Labute approximate surface area is 131 Å². The highest BCUT2D eigenvalue weighted by Gasteiger charge is 2.35. The largest absolute Gasteiger partial charge is 0.443 e. The van der Waals surface area contributed by atoms with Crippen LogP contribution in [-0.4, -0.2) is 10.7 Å². The van der Waals surface area contributed by atoms with E-state index < -0.39 is 17.2 Å². The number of thiophene rings is 1. The third-order valence-electron chi connectivity index (χ3n) is 3.15. The molecule has 2 aromatic rings. The first-order valence-corrected chi connectivity index (χ1v) is 8.96. The second kappa shape index (κ2) is 5.88. The summed E-state index contributed by atoms with van der Waals surface area (Å²) in [5.74, 6) is 7.61. The van der Waals surface area contributed by atoms with Gasteiger partial charge in [0.1, 0.15) is 0 Å². The lowest BCUT2D eigenvalue weighted by molar-refractivity contribution is -0.137. The average molecular weight is 351 g/mol. The predicted molar refractivity (Wildman–Crippen MR) is 80.5 cm³/mol. The zero-order valence-corrected chi connectivity index (χ0v) is 13.2. The molecule has 0 fully saturated rings. The molecule has 0 spiro atoms. The van der Waals surface area contributed by atoms with E-state index in [-0.39, 0.29) is 0 Å². The Bertz CT molecular complexity index is 612. The number of hydrogen-bond donors (Lipinski definition) is 2. The number of nitrogens with two attached hydrogens (primary N) is 1. The molecule has 21 heavy (non-hydrogen) atoms. The molecule has 0 amide bonds. The molecule has 1 atom stereocenters. The Balaban J connectivity index is 1.91. The van der Waals surface area contributed by atoms with Crippen molar-refractivity contribution < 1.29 is 13.2 Å². The van der Waals surface area contributed by atoms with Crippen LogP contribution in [0.2, 0.25) is 0 Å². The quantitative estimate of drug-likeness (QED) is 0.656. The number of halogens is 3. The second-order valence-corrected chi connectivity index (χ2v) is 7.90. The Kier molecular flexibility index (Phi) is 4.28. The number of fused-ring (bicyclic) bond motifs is 1. The lowest BCUT2D eigenvalue weighted by Gasteiger charge is -2.11. The molecule has 3 N–H and O–H groups in total. The maximum Gasteiger partial charge on any atom is 0.443 e. The van der Waals surface area contributed by atoms with Gasteiger partial charge in [-0.15, -0.1) is 22.7 Å². The van der Waals surface area contributed by atoms with E-state index in [0.717, 1.165) is 22.8 Å². The van der Waals surface area contributed by atoms with Crippen molar-refractivity contribution >= 4 is 34.4 Å². The zero-order valence-electron chi connectivity index (χ0n) is 10.7. The Morgan fingerprint density at radius 2 is 2.10 bits per heavy atom. The van der Waals surface area contributed by atoms with Crippen molar-refractivity contribution in [3.63, 3.8) is 0 Å². The van der Waals surface area contributed by atoms with Gasteiger partial charge in [-0.25, -0.2) is 10.4 Å². The van der Waals surface area contributed by atoms with Crippen LogP contribution >= 0.6 is 34.4 Å². The molecule has 0 saturated heterocycles. The molecule has 1 aliphatic rings. The SMILES string of the molecule is NNC(c1cnc(C(F)(F)F)s1)c1cc2c(s1)CCSC2. The highest BCUT2D eigenvalue weighted by molar-refractivity contribution is 7.98. The fourth-order valence-corrected chi connectivity index (χ4v) is 5.56. The summed E-state index contributed by atoms with van der Waals surface area (Å²) >= 11 is 4.13. The van der Waals surface area contributed by atoms with Gasteiger partial charge in [-0.2, -0.15) is 24.9 Å². The van der Waals surface area contributed by atoms with Crippen LogP contribution in [0.25, 0.3) is 0 Å². The predicted octanol–water partition coefficient (Wildman–Crippen LogP) is 3.57. The smallest absolute Gasteiger partial charge is 0.271 e. The number of thioether (sulfide) groups is 1. The summed E-state index contributed by atoms with van der Waals surface area (Å²) in [7, 11) is 0. The first-order chi connectivity index (χ1) is 9.99. The summed E-state index contributed by atoms with van der Waals surface area (Å²) in [6.07, 6.45) is -2.14. The number of hydrazine groups is 1. The fourth-order valence-electron chi connectivity index (χ4n) is 2.17. The van der Waals surface area contributed by atoms with Gasteiger partial charge in [0.15, 0.2) is 5.01 Å². The maximum absolute atomic E-state index is 12.7. The Hall–Kier alpha value is -0.610. The molecular weight excluding hydrogens is 339 g/mol. The monoisotopic (exact) mass is 351 g/mol. The summed E-state index contributed by atoms with van der Waals surface area (Å²) in [6.45, 7) is 0. The van der Waals surface area contributed by atoms with Gasteiger partial charge in [-0.1, -0.05) is 0 Å². The number of nitrogens with zero attached hydrogens (tertiary/aromatic N) is 1. The number of aromatic nitrogens is 1. The normalized spacial score (nSPS) is 16.8. The van der Waals surface area contributed by atoms with Crippen LogP contribution in [0.1, 0.15) is 31.2 Å². The van der Waals surface area contributed by atoms with E-state index in [1.54, 1.807) is 11.3 Å². The van der Waals surface area contributed by atoms with Gasteiger partial charge in [-0.3, -0.25) is 5.84 Å². The fraction of sp³-hybridized carbons (Fsp3) is 0.417. The summed E-state index contributed by atoms with van der Waals surface area (Å²) < 4.78 is 38.0. The topological polar surface area (TPSA) is 50.9 Å². The number of aryl methyl sites for hydroxylation is 1. The van der Waals surface area contributed by atoms with E-state index in [1.807, 2.05) is 17.8 Å². The third-order valence-corrected chi connectivity index (χ3v) is 6.57. The van der Waals surface area contributed by atoms with Crippen molar-refractivity contribution in [1.82, 2.24) is 10.4 Å². The molecule has 9 heteroatoms. The summed E-state index contributed by atoms with van der Waals surface area (Å²) in [5.41, 5.74) is 3.89. The van der Waals surface area contributed by atoms with Crippen LogP contribution in [-0.2, 0) is 18.3 Å². The molecule has 0 bridgehead atoms. The second-order valence-electron chi connectivity index (χ2n) is 4.56. The van der Waals surface area contributed by atoms with Crippen LogP contribution in [0, 0.1) is 0 Å². The summed E-state index contributed by atoms with van der Waals surface area (Å²) in [6, 6.07) is 1.61. The van der Waals surface area contributed by atoms with Gasteiger partial charge >= 0.3 is 6.18 Å². The minimum absolute atomic E-state index is 0.431. The number of hydrogen-bond acceptors (Lipinski definition) is 6. The average Bonchev–Trinajstić information content (AvgIpc) is 3.05. The van der Waals surface area contributed by atoms with Crippen molar-refractivity contribution in [3.05, 3.63) is 37.5 Å². The van der Waals surface area contributed by atoms with Gasteiger partial charge in [0.05, 0.1) is 6.04 Å². The number of nitrogens with one attached hydrogen (secondary N) is 1. The highest BCUT2D eigenvalue weighted by atomic mass is 32.2. The van der Waals surface area contributed by atoms with Gasteiger partial charge in [0.25, 0.3) is 0 Å². The Morgan fingerprint density at radius 3 is 2.71 bits per heavy atom. The van der Waals surface area contributed by atoms with Crippen molar-refractivity contribution in [3.8, 4) is 0 Å². The van der Waals surface area contributed by atoms with Crippen LogP contribution in [0.4, 0.5) is 13.2 Å². The zero-order chi connectivity index (χ0) is 15.0. The van der Waals surface area contributed by atoms with Gasteiger partial charge < -0.3 is 0 Å². The van der Waals surface area contributed by atoms with Crippen LogP contribution in [0.15, 0.2) is 12.3 Å². The van der Waals surface area contributed by atoms with Crippen molar-refractivity contribution in [1.29, 1.82) is 0 Å². The number of alkyl halides is 3. The van der Waals surface area contributed by atoms with Crippen LogP contribution in [0.3, 0.4) is 0 Å². The minimum atomic E-state index is -4.41. The minimum Gasteiger partial charge on any atom is -0.271 e. The number of rotatable bonds is 3. The molecule has 3 rings (SSSR count). The molecule has 0 saturated carbocycles. The summed E-state index contributed by atoms with van der Waals surface area (Å²) in [4.78, 5) is 6.20. The Morgan fingerprint density at radius 1 is 1.29 bits per heavy atom. The van der Waals surface area contributed by atoms with E-state index in [4.69, 9.17) is 5.84 Å². The maximum atomic E-state index is 12.7. The molecule has 2 aromatic heterocycles. The first kappa shape index (κ1) is 15.3. The molecular formula is C12H12F3N3S3. The molecule has 3 heterocycles. The molecule has 1 unspecified atom stereocenters. The van der Waals surface area contributed by atoms with Gasteiger partial charge in [-0.05, 0) is 23.8 Å². The molecule has 0 aliphatic carbocycles. The van der Waals surface area contributed by atoms with Gasteiger partial charge in [0.2, 0.25) is 0 Å². The van der Waals surface area contributed by atoms with E-state index in [2.05, 4.69) is 10.4 Å². The van der Waals surface area contributed by atoms with E-state index in [9.17, 15) is 13.2 Å². The highest BCUT2D eigenvalue weighted by Crippen LogP contribution is 2.39. The lowest BCUT2D eigenvalue weighted by atomic mass is 10.1. The lowest BCUT2D eigenvalue weighted by Crippen LogP contribution is -2.27. The van der Waals surface area contributed by atoms with Crippen molar-refractivity contribution in [2.75, 3.05) is 5.75 Å². The van der Waals surface area contributed by atoms with Gasteiger partial charge in [0, 0.05) is 26.6 Å².